The third-order valence-corrected chi connectivity index (χ3v) is 4.05. The number of carbonyl (C=O) groups excluding carboxylic acids is 2. The minimum Gasteiger partial charge on any atom is -0.361 e. The van der Waals surface area contributed by atoms with Crippen molar-refractivity contribution in [3.63, 3.8) is 0 Å². The highest BCUT2D eigenvalue weighted by molar-refractivity contribution is 7.07. The van der Waals surface area contributed by atoms with Gasteiger partial charge in [-0.05, 0) is 22.4 Å². The molecule has 0 bridgehead atoms. The molecule has 2 radical (unpaired) electrons. The zero-order chi connectivity index (χ0) is 11.8. The van der Waals surface area contributed by atoms with Crippen molar-refractivity contribution < 1.29 is 14.3 Å². The Morgan fingerprint density at radius 2 is 2.25 bits per heavy atom. The van der Waals surface area contributed by atoms with Gasteiger partial charge in [0.1, 0.15) is 0 Å². The fraction of sp³-hybridized carbons (Fsp3) is 0.500. The van der Waals surface area contributed by atoms with E-state index in [0.717, 1.165) is 5.56 Å². The van der Waals surface area contributed by atoms with Crippen LogP contribution in [0, 0.1) is 11.3 Å². The molecule has 1 aromatic rings. The highest BCUT2D eigenvalue weighted by Crippen LogP contribution is 2.62. The van der Waals surface area contributed by atoms with Gasteiger partial charge in [0, 0.05) is 5.41 Å². The van der Waals surface area contributed by atoms with E-state index in [1.54, 1.807) is 11.3 Å². The van der Waals surface area contributed by atoms with E-state index >= 15 is 0 Å². The van der Waals surface area contributed by atoms with Crippen LogP contribution in [-0.4, -0.2) is 18.2 Å². The largest absolute Gasteiger partial charge is 0.361 e. The van der Waals surface area contributed by atoms with Gasteiger partial charge in [0.05, 0.1) is 12.5 Å². The average Bonchev–Trinajstić information content (AvgIpc) is 2.63. The molecule has 4 heteroatoms. The van der Waals surface area contributed by atoms with E-state index in [0.29, 0.717) is 6.61 Å². The third kappa shape index (κ3) is 1.44. The minimum atomic E-state index is -1.10. The first kappa shape index (κ1) is 11.5. The second-order valence-electron chi connectivity index (χ2n) is 4.53. The summed E-state index contributed by atoms with van der Waals surface area (Å²) in [7, 11) is 0. The number of thiophene rings is 1. The Bertz CT molecular complexity index is 396. The van der Waals surface area contributed by atoms with Crippen LogP contribution in [0.2, 0.25) is 0 Å². The first-order chi connectivity index (χ1) is 7.58. The number of rotatable bonds is 5. The van der Waals surface area contributed by atoms with Gasteiger partial charge in [0.2, 0.25) is 12.6 Å². The predicted octanol–water partition coefficient (Wildman–Crippen LogP) is 1.88. The van der Waals surface area contributed by atoms with E-state index in [-0.39, 0.29) is 0 Å². The molecule has 2 unspecified atom stereocenters. The van der Waals surface area contributed by atoms with Gasteiger partial charge in [0.25, 0.3) is 0 Å². The Hall–Kier alpha value is -1.00. The molecular weight excluding hydrogens is 224 g/mol. The van der Waals surface area contributed by atoms with Gasteiger partial charge in [0.15, 0.2) is 5.60 Å². The summed E-state index contributed by atoms with van der Waals surface area (Å²) in [6, 6.07) is 1.93. The van der Waals surface area contributed by atoms with Gasteiger partial charge in [-0.2, -0.15) is 11.3 Å². The highest BCUT2D eigenvalue weighted by Gasteiger charge is 2.74. The van der Waals surface area contributed by atoms with Crippen molar-refractivity contribution in [2.24, 2.45) is 11.3 Å². The first-order valence-electron chi connectivity index (χ1n) is 5.00. The van der Waals surface area contributed by atoms with Crippen LogP contribution in [0.1, 0.15) is 19.4 Å². The fourth-order valence-electron chi connectivity index (χ4n) is 2.02. The van der Waals surface area contributed by atoms with Crippen LogP contribution in [0.3, 0.4) is 0 Å². The summed E-state index contributed by atoms with van der Waals surface area (Å²) in [4.78, 5) is 21.7. The molecule has 1 aromatic heterocycles. The molecule has 0 aliphatic heterocycles. The lowest BCUT2D eigenvalue weighted by atomic mass is 10.1. The molecule has 0 amide bonds. The molecular formula is C12H12O3S. The Balaban J connectivity index is 2.08. The van der Waals surface area contributed by atoms with Crippen LogP contribution < -0.4 is 0 Å². The van der Waals surface area contributed by atoms with E-state index in [9.17, 15) is 9.59 Å². The highest BCUT2D eigenvalue weighted by atomic mass is 32.1. The molecule has 3 nitrogen and oxygen atoms in total. The standard InChI is InChI=1S/C12H12O3S/c1-11(2)10(5-13)12(11,8-14)15-6-9-3-4-16-7-9/h3-4,7,10H,6H2,1-2H3. The molecule has 1 aliphatic carbocycles. The minimum absolute atomic E-state index is 0.334. The molecule has 1 fully saturated rings. The lowest BCUT2D eigenvalue weighted by Crippen LogP contribution is -2.23. The molecule has 1 heterocycles. The van der Waals surface area contributed by atoms with Gasteiger partial charge in [-0.1, -0.05) is 13.8 Å². The van der Waals surface area contributed by atoms with Crippen molar-refractivity contribution in [3.05, 3.63) is 22.4 Å². The van der Waals surface area contributed by atoms with E-state index < -0.39 is 16.9 Å². The van der Waals surface area contributed by atoms with Crippen LogP contribution in [0.25, 0.3) is 0 Å². The predicted molar refractivity (Wildman–Crippen MR) is 60.5 cm³/mol. The summed E-state index contributed by atoms with van der Waals surface area (Å²) in [6.07, 6.45) is 3.74. The number of hydrogen-bond acceptors (Lipinski definition) is 4. The monoisotopic (exact) mass is 236 g/mol. The molecule has 84 valence electrons. The maximum Gasteiger partial charge on any atom is 0.234 e. The van der Waals surface area contributed by atoms with Crippen LogP contribution >= 0.6 is 11.3 Å². The molecule has 1 saturated carbocycles. The lowest BCUT2D eigenvalue weighted by molar-refractivity contribution is 0.0383. The molecule has 0 saturated heterocycles. The topological polar surface area (TPSA) is 43.4 Å². The average molecular weight is 236 g/mol. The molecule has 0 N–H and O–H groups in total. The number of ether oxygens (including phenoxy) is 1. The molecule has 1 aliphatic rings. The third-order valence-electron chi connectivity index (χ3n) is 3.32. The molecule has 0 spiro atoms. The normalized spacial score (nSPS) is 31.0. The van der Waals surface area contributed by atoms with Gasteiger partial charge in [-0.15, -0.1) is 0 Å². The van der Waals surface area contributed by atoms with Crippen LogP contribution in [0.15, 0.2) is 16.8 Å². The van der Waals surface area contributed by atoms with Crippen molar-refractivity contribution in [2.45, 2.75) is 26.1 Å². The van der Waals surface area contributed by atoms with E-state index in [4.69, 9.17) is 4.74 Å². The zero-order valence-corrected chi connectivity index (χ0v) is 9.97. The van der Waals surface area contributed by atoms with Gasteiger partial charge < -0.3 is 4.74 Å². The molecule has 2 atom stereocenters. The Labute approximate surface area is 98.4 Å². The molecule has 0 aromatic carbocycles. The maximum atomic E-state index is 11.0. The number of hydrogen-bond donors (Lipinski definition) is 0. The zero-order valence-electron chi connectivity index (χ0n) is 9.15. The molecule has 16 heavy (non-hydrogen) atoms. The van der Waals surface area contributed by atoms with Crippen molar-refractivity contribution in [3.8, 4) is 0 Å². The summed E-state index contributed by atoms with van der Waals surface area (Å²) in [6.45, 7) is 3.97. The van der Waals surface area contributed by atoms with E-state index in [1.165, 1.54) is 0 Å². The van der Waals surface area contributed by atoms with Gasteiger partial charge in [-0.3, -0.25) is 9.59 Å². The van der Waals surface area contributed by atoms with Crippen LogP contribution in [0.4, 0.5) is 0 Å². The summed E-state index contributed by atoms with van der Waals surface area (Å²) in [5.41, 5.74) is -0.588. The SMILES string of the molecule is CC1(C)C([C]=O)C1([C]=O)OCc1ccsc1. The van der Waals surface area contributed by atoms with Crippen molar-refractivity contribution >= 4 is 23.9 Å². The second-order valence-corrected chi connectivity index (χ2v) is 5.31. The first-order valence-corrected chi connectivity index (χ1v) is 5.95. The van der Waals surface area contributed by atoms with Crippen LogP contribution in [-0.2, 0) is 20.9 Å². The fourth-order valence-corrected chi connectivity index (χ4v) is 2.67. The summed E-state index contributed by atoms with van der Waals surface area (Å²) in [5, 5.41) is 3.89. The molecule has 2 rings (SSSR count). The lowest BCUT2D eigenvalue weighted by Gasteiger charge is -2.12. The van der Waals surface area contributed by atoms with E-state index in [2.05, 4.69) is 0 Å². The summed E-state index contributed by atoms with van der Waals surface area (Å²) < 4.78 is 5.57. The quantitative estimate of drug-likeness (QED) is 0.784. The summed E-state index contributed by atoms with van der Waals surface area (Å²) >= 11 is 1.57. The Morgan fingerprint density at radius 3 is 2.69 bits per heavy atom. The van der Waals surface area contributed by atoms with Gasteiger partial charge >= 0.3 is 0 Å². The summed E-state index contributed by atoms with van der Waals surface area (Å²) in [5.74, 6) is -0.504. The van der Waals surface area contributed by atoms with E-state index in [1.807, 2.05) is 43.2 Å². The second kappa shape index (κ2) is 3.79. The van der Waals surface area contributed by atoms with Crippen molar-refractivity contribution in [1.29, 1.82) is 0 Å². The van der Waals surface area contributed by atoms with Crippen molar-refractivity contribution in [1.82, 2.24) is 0 Å². The van der Waals surface area contributed by atoms with Crippen LogP contribution in [0.5, 0.6) is 0 Å². The Kier molecular flexibility index (Phi) is 2.72. The Morgan fingerprint density at radius 1 is 1.50 bits per heavy atom. The van der Waals surface area contributed by atoms with Crippen molar-refractivity contribution in [2.75, 3.05) is 0 Å². The maximum absolute atomic E-state index is 11.0. The van der Waals surface area contributed by atoms with Gasteiger partial charge in [-0.25, -0.2) is 0 Å². The smallest absolute Gasteiger partial charge is 0.234 e.